The molecule has 0 radical (unpaired) electrons. The van der Waals surface area contributed by atoms with Crippen LogP contribution in [0.1, 0.15) is 33.4 Å². The van der Waals surface area contributed by atoms with Gasteiger partial charge in [0.2, 0.25) is 0 Å². The molecular formula is C28H23F. The zero-order valence-corrected chi connectivity index (χ0v) is 16.8. The maximum Gasteiger partial charge on any atom is 0.133 e. The second-order valence-electron chi connectivity index (χ2n) is 7.56. The Hall–Kier alpha value is -3.37. The quantitative estimate of drug-likeness (QED) is 0.345. The molecule has 0 atom stereocenters. The lowest BCUT2D eigenvalue weighted by Gasteiger charge is -2.03. The third-order valence-electron chi connectivity index (χ3n) is 5.28. The summed E-state index contributed by atoms with van der Waals surface area (Å²) in [6.45, 7) is 3.90. The summed E-state index contributed by atoms with van der Waals surface area (Å²) in [5, 5.41) is 1.53. The van der Waals surface area contributed by atoms with Crippen LogP contribution in [0.5, 0.6) is 0 Å². The van der Waals surface area contributed by atoms with E-state index < -0.39 is 0 Å². The van der Waals surface area contributed by atoms with Crippen LogP contribution in [0.3, 0.4) is 0 Å². The van der Waals surface area contributed by atoms with Gasteiger partial charge in [-0.05, 0) is 73.0 Å². The minimum Gasteiger partial charge on any atom is -0.206 e. The lowest BCUT2D eigenvalue weighted by atomic mass is 10.0. The molecule has 4 aromatic carbocycles. The van der Waals surface area contributed by atoms with Crippen molar-refractivity contribution in [1.29, 1.82) is 0 Å². The average Bonchev–Trinajstić information content (AvgIpc) is 2.75. The summed E-state index contributed by atoms with van der Waals surface area (Å²) >= 11 is 0. The van der Waals surface area contributed by atoms with Crippen LogP contribution in [-0.4, -0.2) is 0 Å². The highest BCUT2D eigenvalue weighted by molar-refractivity contribution is 5.85. The first-order valence-corrected chi connectivity index (χ1v) is 9.94. The third kappa shape index (κ3) is 4.55. The molecule has 0 amide bonds. The zero-order chi connectivity index (χ0) is 20.2. The van der Waals surface area contributed by atoms with Crippen molar-refractivity contribution in [1.82, 2.24) is 0 Å². The van der Waals surface area contributed by atoms with Crippen LogP contribution in [0.15, 0.2) is 78.9 Å². The molecule has 0 spiro atoms. The van der Waals surface area contributed by atoms with Crippen LogP contribution >= 0.6 is 0 Å². The van der Waals surface area contributed by atoms with Crippen LogP contribution in [0.2, 0.25) is 0 Å². The second kappa shape index (κ2) is 8.33. The van der Waals surface area contributed by atoms with E-state index in [4.69, 9.17) is 0 Å². The Morgan fingerprint density at radius 1 is 0.655 bits per heavy atom. The molecule has 4 aromatic rings. The molecule has 0 aliphatic rings. The van der Waals surface area contributed by atoms with E-state index >= 15 is 0 Å². The Bertz CT molecular complexity index is 1200. The van der Waals surface area contributed by atoms with Crippen LogP contribution < -0.4 is 0 Å². The molecule has 29 heavy (non-hydrogen) atoms. The first kappa shape index (κ1) is 19.0. The fourth-order valence-corrected chi connectivity index (χ4v) is 3.42. The predicted molar refractivity (Wildman–Crippen MR) is 120 cm³/mol. The SMILES string of the molecule is Cc1ccc(CCc2ccc(C#Cc3ccc4c(F)c(C)ccc4c3)cc2)cc1. The monoisotopic (exact) mass is 378 g/mol. The highest BCUT2D eigenvalue weighted by Crippen LogP contribution is 2.21. The van der Waals surface area contributed by atoms with Gasteiger partial charge in [0, 0.05) is 16.5 Å². The van der Waals surface area contributed by atoms with Crippen molar-refractivity contribution in [3.8, 4) is 11.8 Å². The van der Waals surface area contributed by atoms with Crippen molar-refractivity contribution in [2.24, 2.45) is 0 Å². The first-order valence-electron chi connectivity index (χ1n) is 9.94. The van der Waals surface area contributed by atoms with E-state index in [2.05, 4.69) is 67.3 Å². The molecule has 0 N–H and O–H groups in total. The highest BCUT2D eigenvalue weighted by Gasteiger charge is 2.04. The minimum absolute atomic E-state index is 0.150. The van der Waals surface area contributed by atoms with Crippen LogP contribution in [0.25, 0.3) is 10.8 Å². The number of aryl methyl sites for hydroxylation is 4. The third-order valence-corrected chi connectivity index (χ3v) is 5.28. The van der Waals surface area contributed by atoms with Crippen molar-refractivity contribution in [2.75, 3.05) is 0 Å². The molecule has 0 nitrogen and oxygen atoms in total. The zero-order valence-electron chi connectivity index (χ0n) is 16.8. The summed E-state index contributed by atoms with van der Waals surface area (Å²) in [5.41, 5.74) is 6.51. The Labute approximate surface area is 172 Å². The van der Waals surface area contributed by atoms with Gasteiger partial charge >= 0.3 is 0 Å². The summed E-state index contributed by atoms with van der Waals surface area (Å²) in [6.07, 6.45) is 2.06. The molecule has 0 bridgehead atoms. The molecule has 0 aromatic heterocycles. The molecule has 1 heteroatoms. The summed E-state index contributed by atoms with van der Waals surface area (Å²) in [4.78, 5) is 0. The molecule has 0 heterocycles. The fourth-order valence-electron chi connectivity index (χ4n) is 3.42. The molecule has 0 saturated carbocycles. The van der Waals surface area contributed by atoms with Crippen molar-refractivity contribution in [2.45, 2.75) is 26.7 Å². The molecule has 0 aliphatic heterocycles. The van der Waals surface area contributed by atoms with Crippen molar-refractivity contribution < 1.29 is 4.39 Å². The lowest BCUT2D eigenvalue weighted by Crippen LogP contribution is -1.91. The molecule has 142 valence electrons. The Balaban J connectivity index is 1.45. The van der Waals surface area contributed by atoms with Crippen LogP contribution in [0.4, 0.5) is 4.39 Å². The van der Waals surface area contributed by atoms with Gasteiger partial charge in [-0.2, -0.15) is 0 Å². The molecule has 0 saturated heterocycles. The normalized spacial score (nSPS) is 10.6. The standard InChI is InChI=1S/C28H23F/c1-20-3-6-22(7-4-20)8-9-23-10-12-24(13-11-23)14-15-25-16-18-27-26(19-25)17-5-21(2)28(27)29/h3-7,10-13,16-19H,8-9H2,1-2H3. The first-order chi connectivity index (χ1) is 14.1. The predicted octanol–water partition coefficient (Wildman–Crippen LogP) is 6.78. The van der Waals surface area contributed by atoms with E-state index in [0.29, 0.717) is 10.9 Å². The molecule has 0 fully saturated rings. The van der Waals surface area contributed by atoms with Crippen LogP contribution in [-0.2, 0) is 12.8 Å². The number of halogens is 1. The average molecular weight is 378 g/mol. The second-order valence-corrected chi connectivity index (χ2v) is 7.56. The summed E-state index contributed by atoms with van der Waals surface area (Å²) in [6, 6.07) is 26.6. The topological polar surface area (TPSA) is 0 Å². The van der Waals surface area contributed by atoms with E-state index in [1.54, 1.807) is 6.92 Å². The minimum atomic E-state index is -0.150. The van der Waals surface area contributed by atoms with E-state index in [1.165, 1.54) is 16.7 Å². The Kier molecular flexibility index (Phi) is 5.45. The van der Waals surface area contributed by atoms with E-state index in [-0.39, 0.29) is 5.82 Å². The number of fused-ring (bicyclic) bond motifs is 1. The number of hydrogen-bond acceptors (Lipinski definition) is 0. The van der Waals surface area contributed by atoms with Crippen LogP contribution in [0, 0.1) is 31.5 Å². The lowest BCUT2D eigenvalue weighted by molar-refractivity contribution is 0.631. The fraction of sp³-hybridized carbons (Fsp3) is 0.143. The maximum atomic E-state index is 14.2. The van der Waals surface area contributed by atoms with Gasteiger partial charge in [0.05, 0.1) is 0 Å². The van der Waals surface area contributed by atoms with Gasteiger partial charge in [-0.25, -0.2) is 4.39 Å². The molecule has 0 unspecified atom stereocenters. The Morgan fingerprint density at radius 3 is 1.93 bits per heavy atom. The van der Waals surface area contributed by atoms with E-state index in [9.17, 15) is 4.39 Å². The maximum absolute atomic E-state index is 14.2. The van der Waals surface area contributed by atoms with Crippen molar-refractivity contribution in [3.63, 3.8) is 0 Å². The summed E-state index contributed by atoms with van der Waals surface area (Å²) in [5.74, 6) is 6.26. The van der Waals surface area contributed by atoms with E-state index in [1.807, 2.05) is 30.3 Å². The van der Waals surface area contributed by atoms with Crippen molar-refractivity contribution in [3.05, 3.63) is 118 Å². The van der Waals surface area contributed by atoms with Gasteiger partial charge in [0.15, 0.2) is 0 Å². The summed E-state index contributed by atoms with van der Waals surface area (Å²) < 4.78 is 14.2. The van der Waals surface area contributed by atoms with Crippen molar-refractivity contribution >= 4 is 10.8 Å². The number of rotatable bonds is 3. The van der Waals surface area contributed by atoms with E-state index in [0.717, 1.165) is 29.4 Å². The van der Waals surface area contributed by atoms with Gasteiger partial charge in [0.25, 0.3) is 0 Å². The Morgan fingerprint density at radius 2 is 1.24 bits per heavy atom. The summed E-state index contributed by atoms with van der Waals surface area (Å²) in [7, 11) is 0. The molecule has 4 rings (SSSR count). The number of benzene rings is 4. The number of hydrogen-bond donors (Lipinski definition) is 0. The molecule has 0 aliphatic carbocycles. The largest absolute Gasteiger partial charge is 0.206 e. The van der Waals surface area contributed by atoms with Gasteiger partial charge in [-0.1, -0.05) is 72.0 Å². The highest BCUT2D eigenvalue weighted by atomic mass is 19.1. The van der Waals surface area contributed by atoms with Gasteiger partial charge in [0.1, 0.15) is 5.82 Å². The molecular weight excluding hydrogens is 355 g/mol. The van der Waals surface area contributed by atoms with Gasteiger partial charge in [-0.15, -0.1) is 0 Å². The van der Waals surface area contributed by atoms with Gasteiger partial charge in [-0.3, -0.25) is 0 Å². The van der Waals surface area contributed by atoms with Gasteiger partial charge < -0.3 is 0 Å². The smallest absolute Gasteiger partial charge is 0.133 e.